The highest BCUT2D eigenvalue weighted by molar-refractivity contribution is 5.71. The normalized spacial score (nSPS) is 10.3. The standard InChI is InChI=1S/C13H16O4/c1-4-5-10-6-7-11(12(8-10)15-2)17-9-13(14)16-3/h4-8H,9H2,1-3H3/b5-4+. The molecule has 0 spiro atoms. The van der Waals surface area contributed by atoms with Crippen molar-refractivity contribution < 1.29 is 19.0 Å². The molecule has 4 heteroatoms. The van der Waals surface area contributed by atoms with E-state index in [4.69, 9.17) is 9.47 Å². The predicted octanol–water partition coefficient (Wildman–Crippen LogP) is 2.28. The van der Waals surface area contributed by atoms with Crippen LogP contribution in [0, 0.1) is 0 Å². The van der Waals surface area contributed by atoms with Gasteiger partial charge in [-0.1, -0.05) is 18.2 Å². The molecule has 0 aliphatic carbocycles. The van der Waals surface area contributed by atoms with E-state index in [9.17, 15) is 4.79 Å². The Bertz CT molecular complexity index is 410. The van der Waals surface area contributed by atoms with Crippen LogP contribution in [0.1, 0.15) is 12.5 Å². The highest BCUT2D eigenvalue weighted by Gasteiger charge is 2.07. The molecule has 17 heavy (non-hydrogen) atoms. The molecule has 0 heterocycles. The molecule has 0 atom stereocenters. The van der Waals surface area contributed by atoms with Crippen molar-refractivity contribution >= 4 is 12.0 Å². The summed E-state index contributed by atoms with van der Waals surface area (Å²) in [4.78, 5) is 11.0. The fourth-order valence-electron chi connectivity index (χ4n) is 1.30. The first-order chi connectivity index (χ1) is 8.21. The molecule has 0 N–H and O–H groups in total. The molecule has 0 aliphatic rings. The van der Waals surface area contributed by atoms with Crippen LogP contribution in [0.25, 0.3) is 6.08 Å². The Kier molecular flexibility index (Phi) is 5.07. The number of ether oxygens (including phenoxy) is 3. The van der Waals surface area contributed by atoms with E-state index in [0.717, 1.165) is 5.56 Å². The van der Waals surface area contributed by atoms with Crippen molar-refractivity contribution in [2.45, 2.75) is 6.92 Å². The number of methoxy groups -OCH3 is 2. The second-order valence-electron chi connectivity index (χ2n) is 3.28. The quantitative estimate of drug-likeness (QED) is 0.736. The van der Waals surface area contributed by atoms with E-state index in [1.165, 1.54) is 7.11 Å². The lowest BCUT2D eigenvalue weighted by atomic mass is 10.2. The van der Waals surface area contributed by atoms with Gasteiger partial charge in [-0.3, -0.25) is 0 Å². The van der Waals surface area contributed by atoms with Crippen LogP contribution < -0.4 is 9.47 Å². The van der Waals surface area contributed by atoms with Gasteiger partial charge < -0.3 is 14.2 Å². The Hall–Kier alpha value is -1.97. The zero-order chi connectivity index (χ0) is 12.7. The van der Waals surface area contributed by atoms with Crippen LogP contribution in [-0.2, 0) is 9.53 Å². The molecule has 0 bridgehead atoms. The number of hydrogen-bond donors (Lipinski definition) is 0. The Morgan fingerprint density at radius 3 is 2.65 bits per heavy atom. The molecule has 0 saturated heterocycles. The lowest BCUT2D eigenvalue weighted by Crippen LogP contribution is -2.12. The minimum atomic E-state index is -0.426. The fraction of sp³-hybridized carbons (Fsp3) is 0.308. The average molecular weight is 236 g/mol. The van der Waals surface area contributed by atoms with Gasteiger partial charge in [-0.2, -0.15) is 0 Å². The van der Waals surface area contributed by atoms with Crippen molar-refractivity contribution in [1.82, 2.24) is 0 Å². The van der Waals surface area contributed by atoms with Crippen LogP contribution in [0.3, 0.4) is 0 Å². The molecule has 0 unspecified atom stereocenters. The Balaban J connectivity index is 2.81. The van der Waals surface area contributed by atoms with Gasteiger partial charge in [0.1, 0.15) is 0 Å². The van der Waals surface area contributed by atoms with Gasteiger partial charge in [0.05, 0.1) is 14.2 Å². The van der Waals surface area contributed by atoms with Gasteiger partial charge in [0.2, 0.25) is 0 Å². The van der Waals surface area contributed by atoms with E-state index in [-0.39, 0.29) is 6.61 Å². The first kappa shape index (κ1) is 13.1. The Labute approximate surface area is 101 Å². The van der Waals surface area contributed by atoms with Crippen molar-refractivity contribution in [3.8, 4) is 11.5 Å². The SMILES string of the molecule is C/C=C/c1ccc(OCC(=O)OC)c(OC)c1. The second-order valence-corrected chi connectivity index (χ2v) is 3.28. The van der Waals surface area contributed by atoms with Crippen LogP contribution in [0.2, 0.25) is 0 Å². The number of allylic oxidation sites excluding steroid dienone is 1. The van der Waals surface area contributed by atoms with Crippen LogP contribution in [0.4, 0.5) is 0 Å². The van der Waals surface area contributed by atoms with E-state index in [1.807, 2.05) is 31.2 Å². The van der Waals surface area contributed by atoms with Crippen LogP contribution in [0.5, 0.6) is 11.5 Å². The van der Waals surface area contributed by atoms with Gasteiger partial charge in [-0.15, -0.1) is 0 Å². The highest BCUT2D eigenvalue weighted by atomic mass is 16.6. The number of benzene rings is 1. The van der Waals surface area contributed by atoms with Crippen molar-refractivity contribution in [3.05, 3.63) is 29.8 Å². The van der Waals surface area contributed by atoms with E-state index in [2.05, 4.69) is 4.74 Å². The van der Waals surface area contributed by atoms with Gasteiger partial charge in [-0.25, -0.2) is 4.79 Å². The molecule has 0 aliphatic heterocycles. The smallest absolute Gasteiger partial charge is 0.343 e. The Morgan fingerprint density at radius 1 is 1.29 bits per heavy atom. The summed E-state index contributed by atoms with van der Waals surface area (Å²) in [7, 11) is 2.87. The lowest BCUT2D eigenvalue weighted by molar-refractivity contribution is -0.142. The highest BCUT2D eigenvalue weighted by Crippen LogP contribution is 2.28. The van der Waals surface area contributed by atoms with Gasteiger partial charge in [-0.05, 0) is 24.6 Å². The number of carbonyl (C=O) groups excluding carboxylic acids is 1. The average Bonchev–Trinajstić information content (AvgIpc) is 2.36. The van der Waals surface area contributed by atoms with E-state index >= 15 is 0 Å². The minimum absolute atomic E-state index is 0.129. The fourth-order valence-corrected chi connectivity index (χ4v) is 1.30. The molecule has 0 radical (unpaired) electrons. The summed E-state index contributed by atoms with van der Waals surface area (Å²) in [5.74, 6) is 0.681. The lowest BCUT2D eigenvalue weighted by Gasteiger charge is -2.10. The summed E-state index contributed by atoms with van der Waals surface area (Å²) in [6.07, 6.45) is 3.89. The second kappa shape index (κ2) is 6.58. The maximum absolute atomic E-state index is 11.0. The third kappa shape index (κ3) is 3.83. The zero-order valence-corrected chi connectivity index (χ0v) is 10.2. The van der Waals surface area contributed by atoms with E-state index in [0.29, 0.717) is 11.5 Å². The van der Waals surface area contributed by atoms with E-state index in [1.54, 1.807) is 13.2 Å². The number of rotatable bonds is 5. The van der Waals surface area contributed by atoms with E-state index < -0.39 is 5.97 Å². The van der Waals surface area contributed by atoms with Gasteiger partial charge >= 0.3 is 5.97 Å². The molecule has 0 amide bonds. The van der Waals surface area contributed by atoms with Crippen LogP contribution in [-0.4, -0.2) is 26.8 Å². The zero-order valence-electron chi connectivity index (χ0n) is 10.2. The third-order valence-corrected chi connectivity index (χ3v) is 2.12. The molecule has 0 aromatic heterocycles. The van der Waals surface area contributed by atoms with Crippen molar-refractivity contribution in [2.24, 2.45) is 0 Å². The molecule has 1 aromatic carbocycles. The Morgan fingerprint density at radius 2 is 2.06 bits per heavy atom. The first-order valence-electron chi connectivity index (χ1n) is 5.21. The topological polar surface area (TPSA) is 44.8 Å². The molecule has 0 fully saturated rings. The van der Waals surface area contributed by atoms with Crippen molar-refractivity contribution in [3.63, 3.8) is 0 Å². The summed E-state index contributed by atoms with van der Waals surface area (Å²) in [6.45, 7) is 1.81. The molecule has 0 saturated carbocycles. The maximum Gasteiger partial charge on any atom is 0.343 e. The molecule has 92 valence electrons. The molecule has 1 aromatic rings. The maximum atomic E-state index is 11.0. The largest absolute Gasteiger partial charge is 0.493 e. The third-order valence-electron chi connectivity index (χ3n) is 2.12. The number of carbonyl (C=O) groups is 1. The van der Waals surface area contributed by atoms with Gasteiger partial charge in [0.25, 0.3) is 0 Å². The summed E-state index contributed by atoms with van der Waals surface area (Å²) >= 11 is 0. The summed E-state index contributed by atoms with van der Waals surface area (Å²) in [5.41, 5.74) is 1.01. The van der Waals surface area contributed by atoms with Gasteiger partial charge in [0.15, 0.2) is 18.1 Å². The summed E-state index contributed by atoms with van der Waals surface area (Å²) < 4.78 is 15.0. The minimum Gasteiger partial charge on any atom is -0.493 e. The summed E-state index contributed by atoms with van der Waals surface area (Å²) in [6, 6.07) is 5.48. The van der Waals surface area contributed by atoms with Crippen LogP contribution in [0.15, 0.2) is 24.3 Å². The molecular formula is C13H16O4. The molecule has 1 rings (SSSR count). The molecule has 4 nitrogen and oxygen atoms in total. The summed E-state index contributed by atoms with van der Waals surface area (Å²) in [5, 5.41) is 0. The number of hydrogen-bond acceptors (Lipinski definition) is 4. The van der Waals surface area contributed by atoms with Crippen molar-refractivity contribution in [1.29, 1.82) is 0 Å². The molecular weight excluding hydrogens is 220 g/mol. The first-order valence-corrected chi connectivity index (χ1v) is 5.21. The number of esters is 1. The predicted molar refractivity (Wildman–Crippen MR) is 65.2 cm³/mol. The monoisotopic (exact) mass is 236 g/mol. The van der Waals surface area contributed by atoms with Crippen molar-refractivity contribution in [2.75, 3.05) is 20.8 Å². The van der Waals surface area contributed by atoms with Crippen LogP contribution >= 0.6 is 0 Å². The van der Waals surface area contributed by atoms with Gasteiger partial charge in [0, 0.05) is 0 Å².